The lowest BCUT2D eigenvalue weighted by Gasteiger charge is -2.14. The molecule has 0 spiro atoms. The monoisotopic (exact) mass is 446 g/mol. The number of anilines is 1. The third kappa shape index (κ3) is 5.48. The van der Waals surface area contributed by atoms with E-state index in [4.69, 9.17) is 13.9 Å². The molecule has 8 heteroatoms. The molecule has 0 fully saturated rings. The summed E-state index contributed by atoms with van der Waals surface area (Å²) in [6, 6.07) is 23.4. The molecular formula is C25H22N2O6. The molecule has 33 heavy (non-hydrogen) atoms. The average molecular weight is 446 g/mol. The number of carbonyl (C=O) groups is 2. The second kappa shape index (κ2) is 9.86. The Labute approximate surface area is 189 Å². The number of fused-ring (bicyclic) bond motifs is 1. The van der Waals surface area contributed by atoms with Crippen LogP contribution in [0.3, 0.4) is 0 Å². The molecule has 4 rings (SSSR count). The Hall–Kier alpha value is -4.33. The molecule has 1 atom stereocenters. The van der Waals surface area contributed by atoms with Crippen molar-refractivity contribution in [2.24, 2.45) is 0 Å². The van der Waals surface area contributed by atoms with Crippen molar-refractivity contribution in [2.75, 3.05) is 5.32 Å². The van der Waals surface area contributed by atoms with E-state index in [-0.39, 0.29) is 6.54 Å². The number of para-hydroxylation sites is 2. The van der Waals surface area contributed by atoms with Gasteiger partial charge in [0, 0.05) is 5.69 Å². The Morgan fingerprint density at radius 1 is 0.970 bits per heavy atom. The van der Waals surface area contributed by atoms with E-state index in [0.717, 1.165) is 10.1 Å². The van der Waals surface area contributed by atoms with E-state index in [2.05, 4.69) is 5.32 Å². The first-order valence-electron chi connectivity index (χ1n) is 10.3. The predicted octanol–water partition coefficient (Wildman–Crippen LogP) is 3.74. The molecule has 4 aromatic rings. The molecule has 0 radical (unpaired) electrons. The number of benzene rings is 3. The van der Waals surface area contributed by atoms with Crippen LogP contribution in [0.2, 0.25) is 0 Å². The minimum Gasteiger partial charge on any atom is -0.489 e. The number of carbonyl (C=O) groups excluding carboxylic acids is 2. The highest BCUT2D eigenvalue weighted by molar-refractivity contribution is 5.95. The Morgan fingerprint density at radius 2 is 1.67 bits per heavy atom. The van der Waals surface area contributed by atoms with Crippen molar-refractivity contribution in [2.45, 2.75) is 26.2 Å². The van der Waals surface area contributed by atoms with E-state index >= 15 is 0 Å². The van der Waals surface area contributed by atoms with Crippen LogP contribution in [0.5, 0.6) is 5.75 Å². The summed E-state index contributed by atoms with van der Waals surface area (Å²) in [5.41, 5.74) is 2.44. The largest absolute Gasteiger partial charge is 0.489 e. The highest BCUT2D eigenvalue weighted by Crippen LogP contribution is 2.18. The molecule has 0 saturated heterocycles. The lowest BCUT2D eigenvalue weighted by molar-refractivity contribution is -0.153. The third-order valence-electron chi connectivity index (χ3n) is 4.91. The van der Waals surface area contributed by atoms with Crippen molar-refractivity contribution < 1.29 is 23.5 Å². The van der Waals surface area contributed by atoms with Crippen LogP contribution in [0.25, 0.3) is 11.1 Å². The van der Waals surface area contributed by atoms with Crippen LogP contribution in [0.15, 0.2) is 88.1 Å². The van der Waals surface area contributed by atoms with E-state index in [1.54, 1.807) is 48.5 Å². The van der Waals surface area contributed by atoms with E-state index < -0.39 is 23.7 Å². The summed E-state index contributed by atoms with van der Waals surface area (Å²) in [6.07, 6.45) is -1.06. The molecule has 1 amide bonds. The highest BCUT2D eigenvalue weighted by atomic mass is 16.5. The number of esters is 1. The number of hydrogen-bond donors (Lipinski definition) is 1. The van der Waals surface area contributed by atoms with Crippen LogP contribution in [-0.2, 0) is 27.5 Å². The van der Waals surface area contributed by atoms with Crippen LogP contribution in [0, 0.1) is 0 Å². The molecule has 0 aliphatic rings. The number of nitrogens with zero attached hydrogens (tertiary/aromatic N) is 1. The molecule has 8 nitrogen and oxygen atoms in total. The number of aromatic nitrogens is 1. The van der Waals surface area contributed by atoms with Crippen LogP contribution >= 0.6 is 0 Å². The Bertz CT molecular complexity index is 1310. The molecule has 0 aliphatic carbocycles. The van der Waals surface area contributed by atoms with Crippen molar-refractivity contribution in [1.29, 1.82) is 0 Å². The highest BCUT2D eigenvalue weighted by Gasteiger charge is 2.20. The molecule has 1 heterocycles. The molecule has 0 aliphatic heterocycles. The second-order valence-electron chi connectivity index (χ2n) is 7.34. The van der Waals surface area contributed by atoms with E-state index in [9.17, 15) is 14.4 Å². The fourth-order valence-electron chi connectivity index (χ4n) is 3.20. The zero-order valence-corrected chi connectivity index (χ0v) is 17.9. The molecular weight excluding hydrogens is 424 g/mol. The smallest absolute Gasteiger partial charge is 0.420 e. The summed E-state index contributed by atoms with van der Waals surface area (Å²) in [5.74, 6) is -1.23. The van der Waals surface area contributed by atoms with E-state index in [1.807, 2.05) is 30.3 Å². The fourth-order valence-corrected chi connectivity index (χ4v) is 3.20. The zero-order chi connectivity index (χ0) is 23.2. The molecule has 0 saturated carbocycles. The van der Waals surface area contributed by atoms with E-state index in [1.165, 1.54) is 6.92 Å². The maximum Gasteiger partial charge on any atom is 0.420 e. The quantitative estimate of drug-likeness (QED) is 0.414. The average Bonchev–Trinajstić information content (AvgIpc) is 3.14. The number of ether oxygens (including phenoxy) is 2. The van der Waals surface area contributed by atoms with Crippen LogP contribution < -0.4 is 15.8 Å². The van der Waals surface area contributed by atoms with Gasteiger partial charge in [0.15, 0.2) is 11.7 Å². The normalized spacial score (nSPS) is 11.7. The molecule has 1 aromatic heterocycles. The summed E-state index contributed by atoms with van der Waals surface area (Å²) in [6.45, 7) is 1.54. The number of amides is 1. The molecule has 3 aromatic carbocycles. The van der Waals surface area contributed by atoms with Gasteiger partial charge in [-0.05, 0) is 48.9 Å². The second-order valence-corrected chi connectivity index (χ2v) is 7.34. The van der Waals surface area contributed by atoms with Gasteiger partial charge in [0.05, 0.1) is 5.52 Å². The van der Waals surface area contributed by atoms with Gasteiger partial charge in [-0.2, -0.15) is 0 Å². The van der Waals surface area contributed by atoms with Gasteiger partial charge in [0.1, 0.15) is 18.9 Å². The summed E-state index contributed by atoms with van der Waals surface area (Å²) in [4.78, 5) is 36.7. The van der Waals surface area contributed by atoms with Crippen molar-refractivity contribution in [3.05, 3.63) is 95.0 Å². The van der Waals surface area contributed by atoms with Crippen molar-refractivity contribution in [3.8, 4) is 5.75 Å². The fraction of sp³-hybridized carbons (Fsp3) is 0.160. The Balaban J connectivity index is 1.29. The number of oxazole rings is 1. The summed E-state index contributed by atoms with van der Waals surface area (Å²) in [7, 11) is 0. The third-order valence-corrected chi connectivity index (χ3v) is 4.91. The minimum atomic E-state index is -1.06. The lowest BCUT2D eigenvalue weighted by atomic mass is 10.2. The van der Waals surface area contributed by atoms with Gasteiger partial charge < -0.3 is 19.2 Å². The zero-order valence-electron chi connectivity index (χ0n) is 17.9. The lowest BCUT2D eigenvalue weighted by Crippen LogP contribution is -2.32. The molecule has 1 N–H and O–H groups in total. The van der Waals surface area contributed by atoms with E-state index in [0.29, 0.717) is 29.1 Å². The maximum absolute atomic E-state index is 12.4. The van der Waals surface area contributed by atoms with Crippen LogP contribution in [0.4, 0.5) is 5.69 Å². The van der Waals surface area contributed by atoms with Gasteiger partial charge in [-0.3, -0.25) is 14.2 Å². The maximum atomic E-state index is 12.4. The first-order valence-corrected chi connectivity index (χ1v) is 10.3. The predicted molar refractivity (Wildman–Crippen MR) is 122 cm³/mol. The van der Waals surface area contributed by atoms with Crippen LogP contribution in [0.1, 0.15) is 12.5 Å². The Morgan fingerprint density at radius 3 is 2.42 bits per heavy atom. The molecule has 168 valence electrons. The number of rotatable bonds is 8. The summed E-state index contributed by atoms with van der Waals surface area (Å²) >= 11 is 0. The molecule has 0 bridgehead atoms. The van der Waals surface area contributed by atoms with Crippen molar-refractivity contribution in [1.82, 2.24) is 4.57 Å². The SMILES string of the molecule is CC(OC(=O)Cn1c(=O)oc2ccccc21)C(=O)Nc1ccc(OCc2ccccc2)cc1. The van der Waals surface area contributed by atoms with Crippen molar-refractivity contribution in [3.63, 3.8) is 0 Å². The summed E-state index contributed by atoms with van der Waals surface area (Å²) < 4.78 is 17.2. The van der Waals surface area contributed by atoms with Gasteiger partial charge in [-0.25, -0.2) is 4.79 Å². The summed E-state index contributed by atoms with van der Waals surface area (Å²) in [5, 5.41) is 2.69. The van der Waals surface area contributed by atoms with Crippen molar-refractivity contribution >= 4 is 28.7 Å². The van der Waals surface area contributed by atoms with Gasteiger partial charge >= 0.3 is 11.7 Å². The van der Waals surface area contributed by atoms with Gasteiger partial charge in [0.2, 0.25) is 0 Å². The molecule has 1 unspecified atom stereocenters. The minimum absolute atomic E-state index is 0.360. The van der Waals surface area contributed by atoms with Gasteiger partial charge in [-0.15, -0.1) is 0 Å². The Kier molecular flexibility index (Phi) is 6.54. The van der Waals surface area contributed by atoms with Gasteiger partial charge in [-0.1, -0.05) is 42.5 Å². The standard InChI is InChI=1S/C25H22N2O6/c1-17(32-23(28)15-27-21-9-5-6-10-22(21)33-25(27)30)24(29)26-19-11-13-20(14-12-19)31-16-18-7-3-2-4-8-18/h2-14,17H,15-16H2,1H3,(H,26,29). The van der Waals surface area contributed by atoms with Crippen LogP contribution in [-0.4, -0.2) is 22.5 Å². The first-order chi connectivity index (χ1) is 16.0. The topological polar surface area (TPSA) is 99.8 Å². The number of hydrogen-bond acceptors (Lipinski definition) is 6. The number of nitrogens with one attached hydrogen (secondary N) is 1. The first kappa shape index (κ1) is 21.9. The van der Waals surface area contributed by atoms with Gasteiger partial charge in [0.25, 0.3) is 5.91 Å².